The summed E-state index contributed by atoms with van der Waals surface area (Å²) in [6.45, 7) is 7.40. The summed E-state index contributed by atoms with van der Waals surface area (Å²) >= 11 is 0. The van der Waals surface area contributed by atoms with Crippen molar-refractivity contribution in [3.8, 4) is 11.6 Å². The van der Waals surface area contributed by atoms with E-state index >= 15 is 0 Å². The fraction of sp³-hybridized carbons (Fsp3) is 0.333. The van der Waals surface area contributed by atoms with Crippen molar-refractivity contribution in [3.63, 3.8) is 0 Å². The van der Waals surface area contributed by atoms with Gasteiger partial charge in [0.2, 0.25) is 11.7 Å². The van der Waals surface area contributed by atoms with E-state index in [1.807, 2.05) is 20.8 Å². The number of rotatable bonds is 7. The minimum Gasteiger partial charge on any atom is -0.449 e. The number of amides is 1. The molecule has 11 nitrogen and oxygen atoms in total. The molecule has 0 spiro atoms. The molecule has 3 aromatic heterocycles. The fourth-order valence-electron chi connectivity index (χ4n) is 2.94. The number of carbonyl (C=O) groups excluding carboxylic acids is 1. The highest BCUT2D eigenvalue weighted by atomic mass is 16.6. The Kier molecular flexibility index (Phi) is 6.67. The lowest BCUT2D eigenvalue weighted by Gasteiger charge is -2.22. The van der Waals surface area contributed by atoms with Crippen molar-refractivity contribution in [1.82, 2.24) is 15.0 Å². The number of ether oxygens (including phenoxy) is 1. The molecule has 11 heteroatoms. The maximum absolute atomic E-state index is 12.8. The molecule has 0 aliphatic heterocycles. The number of hydrogen-bond acceptors (Lipinski definition) is 9. The van der Waals surface area contributed by atoms with Gasteiger partial charge in [-0.15, -0.1) is 0 Å². The van der Waals surface area contributed by atoms with Gasteiger partial charge in [0.1, 0.15) is 17.1 Å². The third-order valence-corrected chi connectivity index (χ3v) is 4.59. The van der Waals surface area contributed by atoms with E-state index in [9.17, 15) is 14.9 Å². The lowest BCUT2D eigenvalue weighted by molar-refractivity contribution is -0.383. The van der Waals surface area contributed by atoms with Crippen molar-refractivity contribution in [2.45, 2.75) is 40.2 Å². The van der Waals surface area contributed by atoms with E-state index < -0.39 is 16.7 Å². The van der Waals surface area contributed by atoms with Gasteiger partial charge in [0.25, 0.3) is 0 Å². The normalized spacial score (nSPS) is 10.9. The van der Waals surface area contributed by atoms with Crippen molar-refractivity contribution in [2.24, 2.45) is 0 Å². The van der Waals surface area contributed by atoms with E-state index in [0.29, 0.717) is 11.3 Å². The number of nitro groups is 1. The fourth-order valence-corrected chi connectivity index (χ4v) is 2.94. The SMILES string of the molecule is CCOC(=O)N(Cc1ccc(C)nc1)c1cc(-c2ncc(C(C)C)o2)nc(N)c1[N+](=O)[O-]. The molecule has 0 radical (unpaired) electrons. The van der Waals surface area contributed by atoms with Crippen molar-refractivity contribution in [1.29, 1.82) is 0 Å². The number of oxazole rings is 1. The molecule has 3 aromatic rings. The van der Waals surface area contributed by atoms with Gasteiger partial charge in [0, 0.05) is 23.9 Å². The Balaban J connectivity index is 2.15. The van der Waals surface area contributed by atoms with Gasteiger partial charge in [-0.3, -0.25) is 20.0 Å². The molecule has 0 saturated heterocycles. The predicted molar refractivity (Wildman–Crippen MR) is 117 cm³/mol. The van der Waals surface area contributed by atoms with Crippen LogP contribution in [0.15, 0.2) is 35.0 Å². The zero-order chi connectivity index (χ0) is 23.4. The number of aromatic nitrogens is 3. The standard InChI is InChI=1S/C21H24N6O5/c1-5-31-21(28)26(11-14-7-6-13(4)23-9-14)16-8-15(25-19(22)18(16)27(29)30)20-24-10-17(32-20)12(2)3/h6-10,12H,5,11H2,1-4H3,(H2,22,25). The van der Waals surface area contributed by atoms with Gasteiger partial charge in [0.15, 0.2) is 0 Å². The number of nitrogens with zero attached hydrogens (tertiary/aromatic N) is 5. The first kappa shape index (κ1) is 22.7. The molecule has 2 N–H and O–H groups in total. The lowest BCUT2D eigenvalue weighted by Crippen LogP contribution is -2.32. The van der Waals surface area contributed by atoms with Gasteiger partial charge in [-0.25, -0.2) is 14.8 Å². The van der Waals surface area contributed by atoms with Crippen LogP contribution in [0.5, 0.6) is 0 Å². The summed E-state index contributed by atoms with van der Waals surface area (Å²) < 4.78 is 10.9. The topological polar surface area (TPSA) is 151 Å². The first-order chi connectivity index (χ1) is 15.2. The van der Waals surface area contributed by atoms with Crippen LogP contribution < -0.4 is 10.6 Å². The molecule has 0 atom stereocenters. The summed E-state index contributed by atoms with van der Waals surface area (Å²) in [5.41, 5.74) is 6.94. The highest BCUT2D eigenvalue weighted by Gasteiger charge is 2.31. The monoisotopic (exact) mass is 440 g/mol. The van der Waals surface area contributed by atoms with Gasteiger partial charge in [-0.05, 0) is 25.5 Å². The molecule has 0 aliphatic carbocycles. The first-order valence-electron chi connectivity index (χ1n) is 9.98. The Morgan fingerprint density at radius 1 is 1.31 bits per heavy atom. The summed E-state index contributed by atoms with van der Waals surface area (Å²) in [7, 11) is 0. The minimum atomic E-state index is -0.775. The third kappa shape index (κ3) is 4.82. The molecule has 0 aromatic carbocycles. The molecule has 3 heterocycles. The van der Waals surface area contributed by atoms with Crippen molar-refractivity contribution >= 4 is 23.3 Å². The van der Waals surface area contributed by atoms with Crippen LogP contribution in [0.25, 0.3) is 11.6 Å². The molecule has 0 saturated carbocycles. The van der Waals surface area contributed by atoms with Crippen LogP contribution in [0, 0.1) is 17.0 Å². The molecule has 0 aliphatic rings. The predicted octanol–water partition coefficient (Wildman–Crippen LogP) is 4.22. The smallest absolute Gasteiger partial charge is 0.414 e. The van der Waals surface area contributed by atoms with Crippen LogP contribution in [0.1, 0.15) is 43.7 Å². The van der Waals surface area contributed by atoms with Gasteiger partial charge in [-0.1, -0.05) is 19.9 Å². The van der Waals surface area contributed by atoms with Crippen LogP contribution in [0.2, 0.25) is 0 Å². The first-order valence-corrected chi connectivity index (χ1v) is 9.98. The molecular formula is C21H24N6O5. The van der Waals surface area contributed by atoms with Crippen LogP contribution in [-0.4, -0.2) is 32.6 Å². The van der Waals surface area contributed by atoms with Crippen LogP contribution in [-0.2, 0) is 11.3 Å². The Labute approximate surface area is 184 Å². The second-order valence-corrected chi connectivity index (χ2v) is 7.33. The summed E-state index contributed by atoms with van der Waals surface area (Å²) in [6.07, 6.45) is 2.37. The van der Waals surface area contributed by atoms with Crippen LogP contribution in [0.3, 0.4) is 0 Å². The zero-order valence-corrected chi connectivity index (χ0v) is 18.2. The molecule has 3 rings (SSSR count). The quantitative estimate of drug-likeness (QED) is 0.420. The van der Waals surface area contributed by atoms with E-state index in [1.165, 1.54) is 6.07 Å². The van der Waals surface area contributed by atoms with Gasteiger partial charge >= 0.3 is 11.8 Å². The van der Waals surface area contributed by atoms with Gasteiger partial charge in [-0.2, -0.15) is 0 Å². The molecular weight excluding hydrogens is 416 g/mol. The molecule has 1 amide bonds. The largest absolute Gasteiger partial charge is 0.449 e. The Morgan fingerprint density at radius 2 is 2.06 bits per heavy atom. The number of nitrogens with two attached hydrogens (primary N) is 1. The number of carbonyl (C=O) groups is 1. The van der Waals surface area contributed by atoms with E-state index in [2.05, 4.69) is 15.0 Å². The van der Waals surface area contributed by atoms with Crippen LogP contribution in [0.4, 0.5) is 22.0 Å². The van der Waals surface area contributed by atoms with Gasteiger partial charge in [0.05, 0.1) is 24.3 Å². The summed E-state index contributed by atoms with van der Waals surface area (Å²) in [4.78, 5) is 37.6. The average Bonchev–Trinajstić information content (AvgIpc) is 3.23. The highest BCUT2D eigenvalue weighted by molar-refractivity contribution is 5.93. The molecule has 0 unspecified atom stereocenters. The van der Waals surface area contributed by atoms with Gasteiger partial charge < -0.3 is 14.9 Å². The summed E-state index contributed by atoms with van der Waals surface area (Å²) in [5.74, 6) is 0.463. The van der Waals surface area contributed by atoms with Crippen molar-refractivity contribution in [2.75, 3.05) is 17.2 Å². The summed E-state index contributed by atoms with van der Waals surface area (Å²) in [5, 5.41) is 11.8. The zero-order valence-electron chi connectivity index (χ0n) is 18.2. The number of hydrogen-bond donors (Lipinski definition) is 1. The van der Waals surface area contributed by atoms with Crippen LogP contribution >= 0.6 is 0 Å². The number of anilines is 2. The number of aryl methyl sites for hydroxylation is 1. The Hall–Kier alpha value is -4.02. The second kappa shape index (κ2) is 9.41. The third-order valence-electron chi connectivity index (χ3n) is 4.59. The number of pyridine rings is 2. The Morgan fingerprint density at radius 3 is 2.62 bits per heavy atom. The van der Waals surface area contributed by atoms with Crippen molar-refractivity contribution in [3.05, 3.63) is 57.7 Å². The molecule has 32 heavy (non-hydrogen) atoms. The molecule has 0 bridgehead atoms. The maximum Gasteiger partial charge on any atom is 0.414 e. The molecule has 0 fully saturated rings. The van der Waals surface area contributed by atoms with E-state index in [4.69, 9.17) is 14.9 Å². The maximum atomic E-state index is 12.8. The van der Waals surface area contributed by atoms with E-state index in [-0.39, 0.29) is 42.2 Å². The lowest BCUT2D eigenvalue weighted by atomic mass is 10.2. The van der Waals surface area contributed by atoms with Crippen molar-refractivity contribution < 1.29 is 18.9 Å². The highest BCUT2D eigenvalue weighted by Crippen LogP contribution is 2.37. The Bertz CT molecular complexity index is 1130. The average molecular weight is 440 g/mol. The second-order valence-electron chi connectivity index (χ2n) is 7.33. The summed E-state index contributed by atoms with van der Waals surface area (Å²) in [6, 6.07) is 4.90. The number of nitrogen functional groups attached to an aromatic ring is 1. The minimum absolute atomic E-state index is 0.0291. The van der Waals surface area contributed by atoms with E-state index in [1.54, 1.807) is 31.5 Å². The molecule has 168 valence electrons. The van der Waals surface area contributed by atoms with E-state index in [0.717, 1.165) is 10.6 Å².